The van der Waals surface area contributed by atoms with Crippen LogP contribution in [-0.4, -0.2) is 58.9 Å². The number of fused-ring (bicyclic) bond motifs is 1. The third kappa shape index (κ3) is 6.19. The molecule has 1 fully saturated rings. The molecule has 1 aliphatic heterocycles. The molecule has 0 bridgehead atoms. The largest absolute Gasteiger partial charge is 0.491 e. The topological polar surface area (TPSA) is 108 Å². The summed E-state index contributed by atoms with van der Waals surface area (Å²) >= 11 is 11.4. The Morgan fingerprint density at radius 1 is 1.19 bits per heavy atom. The van der Waals surface area contributed by atoms with E-state index in [2.05, 4.69) is 5.32 Å². The fraction of sp³-hybridized carbons (Fsp3) is 0.320. The lowest BCUT2D eigenvalue weighted by molar-refractivity contribution is 0.0567. The highest BCUT2D eigenvalue weighted by atomic mass is 35.5. The van der Waals surface area contributed by atoms with Gasteiger partial charge in [0.05, 0.1) is 20.9 Å². The van der Waals surface area contributed by atoms with Crippen molar-refractivity contribution in [3.8, 4) is 11.9 Å². The Labute approximate surface area is 220 Å². The number of benzene rings is 2. The Morgan fingerprint density at radius 3 is 2.57 bits per heavy atom. The molecular formula is C25H22Cl2F2N4O4. The molecule has 4 rings (SSSR count). The normalized spacial score (nSPS) is 15.4. The smallest absolute Gasteiger partial charge is 0.257 e. The van der Waals surface area contributed by atoms with Crippen LogP contribution in [0.1, 0.15) is 23.2 Å². The van der Waals surface area contributed by atoms with Crippen molar-refractivity contribution >= 4 is 40.0 Å². The van der Waals surface area contributed by atoms with Gasteiger partial charge < -0.3 is 20.1 Å². The summed E-state index contributed by atoms with van der Waals surface area (Å²) in [6.07, 6.45) is 3.27. The summed E-state index contributed by atoms with van der Waals surface area (Å²) in [5.41, 5.74) is -0.868. The van der Waals surface area contributed by atoms with Gasteiger partial charge in [0.15, 0.2) is 6.19 Å². The number of nitrogens with zero attached hydrogens (tertiary/aromatic N) is 3. The Bertz CT molecular complexity index is 1430. The van der Waals surface area contributed by atoms with Crippen LogP contribution in [0.25, 0.3) is 10.9 Å². The lowest BCUT2D eigenvalue weighted by atomic mass is 10.0. The maximum atomic E-state index is 13.9. The van der Waals surface area contributed by atoms with Gasteiger partial charge in [0, 0.05) is 37.9 Å². The molecule has 0 saturated carbocycles. The van der Waals surface area contributed by atoms with Crippen molar-refractivity contribution in [1.82, 2.24) is 14.8 Å². The summed E-state index contributed by atoms with van der Waals surface area (Å²) < 4.78 is 33.9. The third-order valence-corrected chi connectivity index (χ3v) is 6.72. The van der Waals surface area contributed by atoms with E-state index in [9.17, 15) is 28.7 Å². The Hall–Kier alpha value is -3.23. The summed E-state index contributed by atoms with van der Waals surface area (Å²) in [4.78, 5) is 27.7. The molecule has 12 heteroatoms. The zero-order valence-electron chi connectivity index (χ0n) is 19.4. The fourth-order valence-corrected chi connectivity index (χ4v) is 4.47. The van der Waals surface area contributed by atoms with E-state index in [1.54, 1.807) is 0 Å². The maximum Gasteiger partial charge on any atom is 0.257 e. The van der Waals surface area contributed by atoms with Crippen LogP contribution in [0.15, 0.2) is 41.3 Å². The van der Waals surface area contributed by atoms with Crippen LogP contribution in [-0.2, 0) is 0 Å². The molecule has 0 unspecified atom stereocenters. The Morgan fingerprint density at radius 2 is 1.89 bits per heavy atom. The van der Waals surface area contributed by atoms with Gasteiger partial charge in [0.1, 0.15) is 35.7 Å². The molecule has 1 saturated heterocycles. The number of β-amino-alcohol motifs (C(OH)–C–C–N with tert-alkyl or cyclic N) is 1. The van der Waals surface area contributed by atoms with Crippen molar-refractivity contribution in [3.63, 3.8) is 0 Å². The van der Waals surface area contributed by atoms with Gasteiger partial charge in [-0.1, -0.05) is 23.2 Å². The van der Waals surface area contributed by atoms with Crippen LogP contribution in [0, 0.1) is 23.1 Å². The van der Waals surface area contributed by atoms with E-state index in [1.165, 1.54) is 18.2 Å². The molecule has 194 valence electrons. The second kappa shape index (κ2) is 11.4. The first kappa shape index (κ1) is 26.8. The molecule has 8 nitrogen and oxygen atoms in total. The number of carbonyl (C=O) groups excluding carboxylic acids is 1. The summed E-state index contributed by atoms with van der Waals surface area (Å²) in [6, 6.07) is 5.89. The number of hydrogen-bond donors (Lipinski definition) is 2. The van der Waals surface area contributed by atoms with E-state index in [1.807, 2.05) is 11.1 Å². The van der Waals surface area contributed by atoms with E-state index in [0.29, 0.717) is 32.5 Å². The van der Waals surface area contributed by atoms with Crippen LogP contribution < -0.4 is 15.5 Å². The molecule has 0 radical (unpaired) electrons. The first-order valence-electron chi connectivity index (χ1n) is 11.4. The number of rotatable bonds is 7. The zero-order valence-corrected chi connectivity index (χ0v) is 20.9. The molecule has 0 aliphatic carbocycles. The molecule has 1 atom stereocenters. The van der Waals surface area contributed by atoms with Gasteiger partial charge in [-0.3, -0.25) is 14.2 Å². The first-order chi connectivity index (χ1) is 17.7. The molecule has 3 aromatic rings. The molecule has 1 aromatic heterocycles. The number of pyridine rings is 1. The minimum atomic E-state index is -0.825. The number of aliphatic hydroxyl groups is 1. The second-order valence-electron chi connectivity index (χ2n) is 8.71. The van der Waals surface area contributed by atoms with Gasteiger partial charge in [-0.15, -0.1) is 0 Å². The van der Waals surface area contributed by atoms with Gasteiger partial charge in [-0.2, -0.15) is 5.26 Å². The van der Waals surface area contributed by atoms with Gasteiger partial charge in [-0.05, 0) is 37.1 Å². The fourth-order valence-electron chi connectivity index (χ4n) is 4.20. The minimum absolute atomic E-state index is 0.0157. The van der Waals surface area contributed by atoms with E-state index < -0.39 is 29.1 Å². The Balaban J connectivity index is 1.32. The van der Waals surface area contributed by atoms with Crippen LogP contribution in [0.2, 0.25) is 10.0 Å². The number of nitriles is 1. The SMILES string of the molecule is N#Cn1cc(C(=O)NC2CCN(C[C@H](O)COc3ccc(Cl)c(F)c3)CC2)c(=O)c2cc(F)c(Cl)cc21. The van der Waals surface area contributed by atoms with E-state index in [0.717, 1.165) is 22.9 Å². The molecule has 1 amide bonds. The van der Waals surface area contributed by atoms with Gasteiger partial charge >= 0.3 is 0 Å². The number of ether oxygens (including phenoxy) is 1. The number of carbonyl (C=O) groups is 1. The molecular weight excluding hydrogens is 529 g/mol. The van der Waals surface area contributed by atoms with Crippen molar-refractivity contribution in [2.24, 2.45) is 0 Å². The predicted octanol–water partition coefficient (Wildman–Crippen LogP) is 3.55. The average Bonchev–Trinajstić information content (AvgIpc) is 2.87. The second-order valence-corrected chi connectivity index (χ2v) is 9.53. The first-order valence-corrected chi connectivity index (χ1v) is 12.2. The number of aromatic nitrogens is 1. The monoisotopic (exact) mass is 550 g/mol. The average molecular weight is 551 g/mol. The number of piperidine rings is 1. The van der Waals surface area contributed by atoms with Crippen LogP contribution in [0.4, 0.5) is 8.78 Å². The number of halogens is 4. The number of likely N-dealkylation sites (tertiary alicyclic amines) is 1. The van der Waals surface area contributed by atoms with Gasteiger partial charge in [0.2, 0.25) is 5.43 Å². The predicted molar refractivity (Wildman–Crippen MR) is 134 cm³/mol. The van der Waals surface area contributed by atoms with E-state index in [-0.39, 0.29) is 44.9 Å². The summed E-state index contributed by atoms with van der Waals surface area (Å²) in [5.74, 6) is -1.83. The number of hydrogen-bond acceptors (Lipinski definition) is 6. The highest BCUT2D eigenvalue weighted by molar-refractivity contribution is 6.31. The van der Waals surface area contributed by atoms with Crippen LogP contribution in [0.3, 0.4) is 0 Å². The van der Waals surface area contributed by atoms with Crippen molar-refractivity contribution < 1.29 is 23.4 Å². The summed E-state index contributed by atoms with van der Waals surface area (Å²) in [5, 5.41) is 22.2. The van der Waals surface area contributed by atoms with E-state index >= 15 is 0 Å². The maximum absolute atomic E-state index is 13.9. The molecule has 0 spiro atoms. The molecule has 1 aliphatic rings. The van der Waals surface area contributed by atoms with Crippen LogP contribution >= 0.6 is 23.2 Å². The summed E-state index contributed by atoms with van der Waals surface area (Å²) in [6.45, 7) is 1.43. The highest BCUT2D eigenvalue weighted by Gasteiger charge is 2.25. The minimum Gasteiger partial charge on any atom is -0.491 e. The zero-order chi connectivity index (χ0) is 26.7. The lowest BCUT2D eigenvalue weighted by Crippen LogP contribution is -2.47. The third-order valence-electron chi connectivity index (χ3n) is 6.12. The molecule has 2 N–H and O–H groups in total. The number of aliphatic hydroxyl groups excluding tert-OH is 1. The lowest BCUT2D eigenvalue weighted by Gasteiger charge is -2.33. The van der Waals surface area contributed by atoms with Crippen molar-refractivity contribution in [2.75, 3.05) is 26.2 Å². The number of nitrogens with one attached hydrogen (secondary N) is 1. The quantitative estimate of drug-likeness (QED) is 0.465. The Kier molecular flexibility index (Phi) is 8.29. The highest BCUT2D eigenvalue weighted by Crippen LogP contribution is 2.22. The van der Waals surface area contributed by atoms with E-state index in [4.69, 9.17) is 27.9 Å². The molecule has 2 aromatic carbocycles. The molecule has 37 heavy (non-hydrogen) atoms. The van der Waals surface area contributed by atoms with Crippen molar-refractivity contribution in [1.29, 1.82) is 5.26 Å². The standard InChI is InChI=1S/C25H22Cl2F2N4O4/c26-19-2-1-16(7-21(19)28)37-12-15(34)10-32-5-3-14(4-6-32)31-25(36)18-11-33(13-30)23-9-20(27)22(29)8-17(23)24(18)35/h1-2,7-9,11,14-15,34H,3-6,10,12H2,(H,31,36)/t15-/m0/s1. The number of amides is 1. The van der Waals surface area contributed by atoms with Gasteiger partial charge in [-0.25, -0.2) is 8.78 Å². The summed E-state index contributed by atoms with van der Waals surface area (Å²) in [7, 11) is 0. The van der Waals surface area contributed by atoms with Crippen molar-refractivity contribution in [2.45, 2.75) is 25.0 Å². The van der Waals surface area contributed by atoms with Crippen LogP contribution in [0.5, 0.6) is 5.75 Å². The molecule has 2 heterocycles. The van der Waals surface area contributed by atoms with Gasteiger partial charge in [0.25, 0.3) is 5.91 Å². The van der Waals surface area contributed by atoms with Crippen molar-refractivity contribution in [3.05, 3.63) is 74.0 Å².